The lowest BCUT2D eigenvalue weighted by Crippen LogP contribution is -2.61. The van der Waals surface area contributed by atoms with Crippen LogP contribution in [-0.4, -0.2) is 72.0 Å². The molecule has 202 valence electrons. The maximum Gasteiger partial charge on any atom is 0.333 e. The SMILES string of the molecule is CCOC(=O)C(C)=C[C@H](C(C)C)N(C)C(=O)[C@@H](NC(=O)[C@H]1CC[C@@H](CC)CN1C(C)C)C(C)(C)C. The number of likely N-dealkylation sites (tertiary alicyclic amines) is 1. The Bertz CT molecular complexity index is 754. The molecule has 0 bridgehead atoms. The maximum absolute atomic E-state index is 13.8. The molecule has 0 aromatic rings. The lowest BCUT2D eigenvalue weighted by molar-refractivity contribution is -0.142. The fourth-order valence-electron chi connectivity index (χ4n) is 4.82. The highest BCUT2D eigenvalue weighted by atomic mass is 16.5. The zero-order chi connectivity index (χ0) is 27.1. The van der Waals surface area contributed by atoms with Gasteiger partial charge in [0.15, 0.2) is 0 Å². The summed E-state index contributed by atoms with van der Waals surface area (Å²) in [5, 5.41) is 3.13. The van der Waals surface area contributed by atoms with Gasteiger partial charge in [-0.1, -0.05) is 54.0 Å². The third-order valence-electron chi connectivity index (χ3n) is 7.16. The van der Waals surface area contributed by atoms with Crippen molar-refractivity contribution in [3.8, 4) is 0 Å². The van der Waals surface area contributed by atoms with E-state index in [1.165, 1.54) is 0 Å². The van der Waals surface area contributed by atoms with E-state index in [2.05, 4.69) is 31.0 Å². The number of hydrogen-bond donors (Lipinski definition) is 1. The molecular formula is C28H51N3O4. The third kappa shape index (κ3) is 8.62. The molecule has 2 amide bonds. The molecule has 7 nitrogen and oxygen atoms in total. The highest BCUT2D eigenvalue weighted by Crippen LogP contribution is 2.28. The Morgan fingerprint density at radius 2 is 1.71 bits per heavy atom. The Kier molecular flexibility index (Phi) is 11.9. The number of likely N-dealkylation sites (N-methyl/N-ethyl adjacent to an activating group) is 1. The molecule has 1 aliphatic heterocycles. The van der Waals surface area contributed by atoms with Crippen molar-refractivity contribution >= 4 is 17.8 Å². The summed E-state index contributed by atoms with van der Waals surface area (Å²) in [5.74, 6) is 0.0699. The summed E-state index contributed by atoms with van der Waals surface area (Å²) < 4.78 is 5.12. The van der Waals surface area contributed by atoms with Crippen LogP contribution in [0.5, 0.6) is 0 Å². The molecule has 0 aromatic heterocycles. The lowest BCUT2D eigenvalue weighted by atomic mass is 9.84. The number of hydrogen-bond acceptors (Lipinski definition) is 5. The standard InChI is InChI=1S/C28H51N3O4/c1-12-21-14-15-22(31(17-21)19(5)6)25(32)29-24(28(8,9)10)26(33)30(11)23(18(3)4)16-20(7)27(34)35-13-2/h16,18-19,21-24H,12-15,17H2,1-11H3,(H,29,32)/t21-,22-,23-,24-/m1/s1. The Balaban J connectivity index is 3.17. The molecule has 1 heterocycles. The summed E-state index contributed by atoms with van der Waals surface area (Å²) in [4.78, 5) is 43.5. The molecule has 4 atom stereocenters. The molecule has 7 heteroatoms. The van der Waals surface area contributed by atoms with Gasteiger partial charge in [0.1, 0.15) is 6.04 Å². The van der Waals surface area contributed by atoms with Crippen LogP contribution in [0, 0.1) is 17.3 Å². The Morgan fingerprint density at radius 3 is 2.17 bits per heavy atom. The third-order valence-corrected chi connectivity index (χ3v) is 7.16. The van der Waals surface area contributed by atoms with Gasteiger partial charge in [-0.15, -0.1) is 0 Å². The minimum absolute atomic E-state index is 0.0744. The van der Waals surface area contributed by atoms with E-state index in [0.717, 1.165) is 25.8 Å². The zero-order valence-corrected chi connectivity index (χ0v) is 24.1. The van der Waals surface area contributed by atoms with E-state index in [1.807, 2.05) is 34.6 Å². The zero-order valence-electron chi connectivity index (χ0n) is 24.1. The molecule has 0 saturated carbocycles. The summed E-state index contributed by atoms with van der Waals surface area (Å²) >= 11 is 0. The summed E-state index contributed by atoms with van der Waals surface area (Å²) in [5.41, 5.74) is -0.00655. The first-order chi connectivity index (χ1) is 16.1. The smallest absolute Gasteiger partial charge is 0.333 e. The Morgan fingerprint density at radius 1 is 1.11 bits per heavy atom. The van der Waals surface area contributed by atoms with E-state index in [4.69, 9.17) is 4.74 Å². The van der Waals surface area contributed by atoms with Gasteiger partial charge in [0.2, 0.25) is 11.8 Å². The monoisotopic (exact) mass is 493 g/mol. The fourth-order valence-corrected chi connectivity index (χ4v) is 4.82. The van der Waals surface area contributed by atoms with Crippen LogP contribution in [-0.2, 0) is 19.1 Å². The molecule has 0 unspecified atom stereocenters. The largest absolute Gasteiger partial charge is 0.463 e. The predicted molar refractivity (Wildman–Crippen MR) is 142 cm³/mol. The van der Waals surface area contributed by atoms with Crippen molar-refractivity contribution in [3.63, 3.8) is 0 Å². The summed E-state index contributed by atoms with van der Waals surface area (Å²) in [6.45, 7) is 21.1. The molecule has 0 radical (unpaired) electrons. The second-order valence-electron chi connectivity index (χ2n) is 11.7. The number of nitrogens with one attached hydrogen (secondary N) is 1. The quantitative estimate of drug-likeness (QED) is 0.360. The van der Waals surface area contributed by atoms with Gasteiger partial charge >= 0.3 is 5.97 Å². The van der Waals surface area contributed by atoms with Gasteiger partial charge in [0, 0.05) is 25.2 Å². The molecule has 1 saturated heterocycles. The van der Waals surface area contributed by atoms with Crippen LogP contribution < -0.4 is 5.32 Å². The normalized spacial score (nSPS) is 21.6. The van der Waals surface area contributed by atoms with Gasteiger partial charge in [-0.2, -0.15) is 0 Å². The van der Waals surface area contributed by atoms with E-state index >= 15 is 0 Å². The van der Waals surface area contributed by atoms with Crippen LogP contribution in [0.2, 0.25) is 0 Å². The van der Waals surface area contributed by atoms with Gasteiger partial charge < -0.3 is 15.0 Å². The first-order valence-corrected chi connectivity index (χ1v) is 13.3. The van der Waals surface area contributed by atoms with E-state index in [1.54, 1.807) is 31.9 Å². The van der Waals surface area contributed by atoms with Crippen LogP contribution in [0.15, 0.2) is 11.6 Å². The van der Waals surface area contributed by atoms with Crippen LogP contribution in [0.3, 0.4) is 0 Å². The lowest BCUT2D eigenvalue weighted by Gasteiger charge is -2.43. The molecule has 1 rings (SSSR count). The number of carbonyl (C=O) groups excluding carboxylic acids is 3. The molecular weight excluding hydrogens is 442 g/mol. The van der Waals surface area contributed by atoms with Crippen molar-refractivity contribution in [1.29, 1.82) is 0 Å². The van der Waals surface area contributed by atoms with Crippen molar-refractivity contribution in [2.45, 2.75) is 113 Å². The van der Waals surface area contributed by atoms with Crippen molar-refractivity contribution in [1.82, 2.24) is 15.1 Å². The van der Waals surface area contributed by atoms with Gasteiger partial charge in [0.05, 0.1) is 18.7 Å². The molecule has 0 aromatic carbocycles. The summed E-state index contributed by atoms with van der Waals surface area (Å²) in [6, 6.07) is -0.961. The number of amides is 2. The van der Waals surface area contributed by atoms with Gasteiger partial charge in [0.25, 0.3) is 0 Å². The predicted octanol–water partition coefficient (Wildman–Crippen LogP) is 4.41. The summed E-state index contributed by atoms with van der Waals surface area (Å²) in [6.07, 6.45) is 4.74. The topological polar surface area (TPSA) is 79.0 Å². The van der Waals surface area contributed by atoms with Crippen molar-refractivity contribution in [2.75, 3.05) is 20.2 Å². The highest BCUT2D eigenvalue weighted by Gasteiger charge is 2.40. The van der Waals surface area contributed by atoms with E-state index in [-0.39, 0.29) is 41.8 Å². The van der Waals surface area contributed by atoms with Crippen LogP contribution in [0.1, 0.15) is 88.5 Å². The minimum atomic E-state index is -0.685. The first-order valence-electron chi connectivity index (χ1n) is 13.3. The molecule has 35 heavy (non-hydrogen) atoms. The average molecular weight is 494 g/mol. The number of piperidine rings is 1. The van der Waals surface area contributed by atoms with Crippen LogP contribution in [0.4, 0.5) is 0 Å². The molecule has 0 aliphatic carbocycles. The second kappa shape index (κ2) is 13.4. The molecule has 1 N–H and O–H groups in total. The molecule has 0 spiro atoms. The number of ether oxygens (including phenoxy) is 1. The van der Waals surface area contributed by atoms with Gasteiger partial charge in [-0.3, -0.25) is 14.5 Å². The minimum Gasteiger partial charge on any atom is -0.463 e. The van der Waals surface area contributed by atoms with Crippen molar-refractivity contribution in [3.05, 3.63) is 11.6 Å². The van der Waals surface area contributed by atoms with Crippen molar-refractivity contribution in [2.24, 2.45) is 17.3 Å². The fraction of sp³-hybridized carbons (Fsp3) is 0.821. The van der Waals surface area contributed by atoms with Crippen LogP contribution in [0.25, 0.3) is 0 Å². The molecule has 1 fully saturated rings. The second-order valence-corrected chi connectivity index (χ2v) is 11.7. The van der Waals surface area contributed by atoms with Crippen LogP contribution >= 0.6 is 0 Å². The van der Waals surface area contributed by atoms with Crippen molar-refractivity contribution < 1.29 is 19.1 Å². The number of rotatable bonds is 10. The highest BCUT2D eigenvalue weighted by molar-refractivity contribution is 5.91. The number of nitrogens with zero attached hydrogens (tertiary/aromatic N) is 2. The van der Waals surface area contributed by atoms with E-state index in [9.17, 15) is 14.4 Å². The Labute approximate surface area is 214 Å². The average Bonchev–Trinajstić information content (AvgIpc) is 2.78. The summed E-state index contributed by atoms with van der Waals surface area (Å²) in [7, 11) is 1.75. The number of carbonyl (C=O) groups is 3. The number of esters is 1. The Hall–Kier alpha value is -1.89. The van der Waals surface area contributed by atoms with Gasteiger partial charge in [-0.25, -0.2) is 4.79 Å². The molecule has 1 aliphatic rings. The van der Waals surface area contributed by atoms with E-state index < -0.39 is 11.5 Å². The maximum atomic E-state index is 13.8. The first kappa shape index (κ1) is 31.1. The van der Waals surface area contributed by atoms with Gasteiger partial charge in [-0.05, 0) is 57.8 Å². The van der Waals surface area contributed by atoms with E-state index in [0.29, 0.717) is 18.1 Å².